The second-order valence-corrected chi connectivity index (χ2v) is 5.34. The summed E-state index contributed by atoms with van der Waals surface area (Å²) in [7, 11) is 1.49. The number of rotatable bonds is 7. The Kier molecular flexibility index (Phi) is 7.04. The minimum atomic E-state index is -0.905. The van der Waals surface area contributed by atoms with E-state index in [-0.39, 0.29) is 6.54 Å². The molecule has 1 aromatic carbocycles. The Labute approximate surface area is 155 Å². The van der Waals surface area contributed by atoms with Gasteiger partial charge >= 0.3 is 11.8 Å². The molecule has 0 aliphatic rings. The van der Waals surface area contributed by atoms with E-state index in [0.29, 0.717) is 34.5 Å². The Morgan fingerprint density at radius 1 is 1.35 bits per heavy atom. The molecule has 0 unspecified atom stereocenters. The van der Waals surface area contributed by atoms with Gasteiger partial charge in [0.1, 0.15) is 5.76 Å². The average molecular weight is 380 g/mol. The number of benzene rings is 1. The molecule has 0 saturated heterocycles. The van der Waals surface area contributed by atoms with E-state index in [2.05, 4.69) is 15.8 Å². The molecule has 2 amide bonds. The average Bonchev–Trinajstić information content (AvgIpc) is 3.13. The van der Waals surface area contributed by atoms with Gasteiger partial charge in [0.2, 0.25) is 0 Å². The van der Waals surface area contributed by atoms with Gasteiger partial charge in [0.15, 0.2) is 11.5 Å². The normalized spacial score (nSPS) is 10.6. The Bertz CT molecular complexity index is 790. The summed E-state index contributed by atoms with van der Waals surface area (Å²) in [5, 5.41) is 6.48. The second-order valence-electron chi connectivity index (χ2n) is 4.93. The summed E-state index contributed by atoms with van der Waals surface area (Å²) < 4.78 is 15.7. The highest BCUT2D eigenvalue weighted by Gasteiger charge is 2.13. The van der Waals surface area contributed by atoms with Crippen molar-refractivity contribution < 1.29 is 23.5 Å². The molecule has 8 nitrogen and oxygen atoms in total. The monoisotopic (exact) mass is 379 g/mol. The van der Waals surface area contributed by atoms with Gasteiger partial charge in [0.25, 0.3) is 0 Å². The van der Waals surface area contributed by atoms with Crippen LogP contribution in [0.3, 0.4) is 0 Å². The van der Waals surface area contributed by atoms with Gasteiger partial charge < -0.3 is 19.2 Å². The van der Waals surface area contributed by atoms with E-state index in [9.17, 15) is 9.59 Å². The number of methoxy groups -OCH3 is 1. The smallest absolute Gasteiger partial charge is 0.329 e. The van der Waals surface area contributed by atoms with Gasteiger partial charge in [0.05, 0.1) is 37.8 Å². The first-order valence-corrected chi connectivity index (χ1v) is 8.06. The van der Waals surface area contributed by atoms with E-state index in [4.69, 9.17) is 25.5 Å². The quantitative estimate of drug-likeness (QED) is 0.436. The lowest BCUT2D eigenvalue weighted by atomic mass is 10.2. The second kappa shape index (κ2) is 9.47. The van der Waals surface area contributed by atoms with Crippen LogP contribution in [0.25, 0.3) is 0 Å². The molecule has 2 aromatic rings. The molecule has 0 radical (unpaired) electrons. The molecule has 2 N–H and O–H groups in total. The third kappa shape index (κ3) is 5.25. The third-order valence-corrected chi connectivity index (χ3v) is 3.41. The summed E-state index contributed by atoms with van der Waals surface area (Å²) in [6.07, 6.45) is 2.81. The molecule has 0 atom stereocenters. The SMILES string of the molecule is CCOc1cc(/C=N\NC(=O)C(=O)NCc2ccco2)cc(Cl)c1OC. The summed E-state index contributed by atoms with van der Waals surface area (Å²) in [6, 6.07) is 6.61. The summed E-state index contributed by atoms with van der Waals surface area (Å²) >= 11 is 6.13. The van der Waals surface area contributed by atoms with Crippen molar-refractivity contribution in [1.29, 1.82) is 0 Å². The molecule has 0 saturated carbocycles. The van der Waals surface area contributed by atoms with Crippen LogP contribution >= 0.6 is 11.6 Å². The van der Waals surface area contributed by atoms with E-state index >= 15 is 0 Å². The molecular formula is C17H18ClN3O5. The van der Waals surface area contributed by atoms with Gasteiger partial charge in [-0.3, -0.25) is 9.59 Å². The van der Waals surface area contributed by atoms with Crippen LogP contribution in [-0.2, 0) is 16.1 Å². The van der Waals surface area contributed by atoms with Crippen molar-refractivity contribution in [3.8, 4) is 11.5 Å². The van der Waals surface area contributed by atoms with E-state index < -0.39 is 11.8 Å². The van der Waals surface area contributed by atoms with E-state index in [0.717, 1.165) is 0 Å². The highest BCUT2D eigenvalue weighted by atomic mass is 35.5. The van der Waals surface area contributed by atoms with Crippen LogP contribution in [0.5, 0.6) is 11.5 Å². The zero-order chi connectivity index (χ0) is 18.9. The summed E-state index contributed by atoms with van der Waals surface area (Å²) in [4.78, 5) is 23.4. The zero-order valence-electron chi connectivity index (χ0n) is 14.2. The van der Waals surface area contributed by atoms with Gasteiger partial charge in [-0.2, -0.15) is 5.10 Å². The molecule has 0 bridgehead atoms. The number of hydrogen-bond acceptors (Lipinski definition) is 6. The van der Waals surface area contributed by atoms with Crippen LogP contribution < -0.4 is 20.2 Å². The number of hydrazone groups is 1. The minimum Gasteiger partial charge on any atom is -0.491 e. The predicted octanol–water partition coefficient (Wildman–Crippen LogP) is 2.11. The fraction of sp³-hybridized carbons (Fsp3) is 0.235. The van der Waals surface area contributed by atoms with E-state index in [1.165, 1.54) is 19.6 Å². The molecular weight excluding hydrogens is 362 g/mol. The lowest BCUT2D eigenvalue weighted by Gasteiger charge is -2.11. The highest BCUT2D eigenvalue weighted by Crippen LogP contribution is 2.35. The van der Waals surface area contributed by atoms with Gasteiger partial charge in [-0.05, 0) is 36.8 Å². The van der Waals surface area contributed by atoms with Crippen LogP contribution in [0.1, 0.15) is 18.2 Å². The van der Waals surface area contributed by atoms with Gasteiger partial charge in [0, 0.05) is 0 Å². The maximum atomic E-state index is 11.7. The fourth-order valence-corrected chi connectivity index (χ4v) is 2.30. The number of carbonyl (C=O) groups is 2. The van der Waals surface area contributed by atoms with Crippen molar-refractivity contribution in [3.05, 3.63) is 46.9 Å². The van der Waals surface area contributed by atoms with Crippen LogP contribution in [0.15, 0.2) is 40.0 Å². The van der Waals surface area contributed by atoms with Gasteiger partial charge in [-0.15, -0.1) is 0 Å². The molecule has 2 rings (SSSR count). The van der Waals surface area contributed by atoms with Crippen molar-refractivity contribution in [3.63, 3.8) is 0 Å². The van der Waals surface area contributed by atoms with Crippen LogP contribution in [0.4, 0.5) is 0 Å². The Morgan fingerprint density at radius 2 is 2.15 bits per heavy atom. The Balaban J connectivity index is 1.94. The molecule has 138 valence electrons. The first-order chi connectivity index (χ1) is 12.5. The molecule has 0 aliphatic carbocycles. The van der Waals surface area contributed by atoms with Crippen molar-refractivity contribution in [2.24, 2.45) is 5.10 Å². The van der Waals surface area contributed by atoms with Crippen molar-refractivity contribution in [2.45, 2.75) is 13.5 Å². The van der Waals surface area contributed by atoms with Crippen LogP contribution in [0, 0.1) is 0 Å². The maximum Gasteiger partial charge on any atom is 0.329 e. The Hall–Kier alpha value is -3.00. The number of amides is 2. The molecule has 0 fully saturated rings. The number of ether oxygens (including phenoxy) is 2. The van der Waals surface area contributed by atoms with E-state index in [1.807, 2.05) is 6.92 Å². The lowest BCUT2D eigenvalue weighted by Crippen LogP contribution is -2.37. The molecule has 0 spiro atoms. The largest absolute Gasteiger partial charge is 0.491 e. The van der Waals surface area contributed by atoms with Crippen molar-refractivity contribution >= 4 is 29.6 Å². The highest BCUT2D eigenvalue weighted by molar-refractivity contribution is 6.35. The summed E-state index contributed by atoms with van der Waals surface area (Å²) in [5.74, 6) is -0.344. The predicted molar refractivity (Wildman–Crippen MR) is 95.5 cm³/mol. The van der Waals surface area contributed by atoms with Crippen molar-refractivity contribution in [2.75, 3.05) is 13.7 Å². The first-order valence-electron chi connectivity index (χ1n) is 7.69. The molecule has 9 heteroatoms. The number of nitrogens with zero attached hydrogens (tertiary/aromatic N) is 1. The van der Waals surface area contributed by atoms with Crippen LogP contribution in [-0.4, -0.2) is 31.7 Å². The topological polar surface area (TPSA) is 102 Å². The molecule has 1 aromatic heterocycles. The lowest BCUT2D eigenvalue weighted by molar-refractivity contribution is -0.139. The van der Waals surface area contributed by atoms with Crippen molar-refractivity contribution in [1.82, 2.24) is 10.7 Å². The molecule has 1 heterocycles. The maximum absolute atomic E-state index is 11.7. The van der Waals surface area contributed by atoms with Gasteiger partial charge in [-0.25, -0.2) is 5.43 Å². The molecule has 26 heavy (non-hydrogen) atoms. The minimum absolute atomic E-state index is 0.106. The number of furan rings is 1. The third-order valence-electron chi connectivity index (χ3n) is 3.13. The Morgan fingerprint density at radius 3 is 2.81 bits per heavy atom. The summed E-state index contributed by atoms with van der Waals surface area (Å²) in [5.41, 5.74) is 2.70. The number of carbonyl (C=O) groups excluding carboxylic acids is 2. The van der Waals surface area contributed by atoms with E-state index in [1.54, 1.807) is 24.3 Å². The van der Waals surface area contributed by atoms with Gasteiger partial charge in [-0.1, -0.05) is 11.6 Å². The molecule has 0 aliphatic heterocycles. The summed E-state index contributed by atoms with van der Waals surface area (Å²) in [6.45, 7) is 2.37. The number of hydrogen-bond donors (Lipinski definition) is 2. The zero-order valence-corrected chi connectivity index (χ0v) is 15.0. The van der Waals surface area contributed by atoms with Crippen LogP contribution in [0.2, 0.25) is 5.02 Å². The fourth-order valence-electron chi connectivity index (χ4n) is 2.00. The first kappa shape index (κ1) is 19.3. The standard InChI is InChI=1S/C17H18ClN3O5/c1-3-25-14-8-11(7-13(18)15(14)24-2)9-20-21-17(23)16(22)19-10-12-5-4-6-26-12/h4-9H,3,10H2,1-2H3,(H,19,22)(H,21,23)/b20-9-. The number of halogens is 1. The number of nitrogens with one attached hydrogen (secondary N) is 2.